The van der Waals surface area contributed by atoms with Crippen molar-refractivity contribution in [2.75, 3.05) is 6.61 Å². The number of ether oxygens (including phenoxy) is 1. The Kier molecular flexibility index (Phi) is 6.26. The van der Waals surface area contributed by atoms with Crippen molar-refractivity contribution in [2.24, 2.45) is 11.7 Å². The summed E-state index contributed by atoms with van der Waals surface area (Å²) in [5.41, 5.74) is 7.07. The zero-order valence-electron chi connectivity index (χ0n) is 11.1. The lowest BCUT2D eigenvalue weighted by molar-refractivity contribution is 0.0127. The van der Waals surface area contributed by atoms with E-state index in [4.69, 9.17) is 10.5 Å². The summed E-state index contributed by atoms with van der Waals surface area (Å²) in [5, 5.41) is 0. The van der Waals surface area contributed by atoms with Crippen LogP contribution in [0.1, 0.15) is 26.3 Å². The zero-order valence-corrected chi connectivity index (χ0v) is 12.7. The van der Waals surface area contributed by atoms with E-state index < -0.39 is 0 Å². The van der Waals surface area contributed by atoms with Crippen molar-refractivity contribution in [1.29, 1.82) is 0 Å². The van der Waals surface area contributed by atoms with E-state index in [1.54, 1.807) is 6.07 Å². The number of halogens is 2. The van der Waals surface area contributed by atoms with Gasteiger partial charge in [0.05, 0.1) is 6.10 Å². The molecular weight excluding hydrogens is 297 g/mol. The molecule has 18 heavy (non-hydrogen) atoms. The summed E-state index contributed by atoms with van der Waals surface area (Å²) in [5.74, 6) is 0.102. The molecule has 2 nitrogen and oxygen atoms in total. The Bertz CT molecular complexity index is 384. The molecule has 0 aromatic heterocycles. The molecule has 0 fully saturated rings. The number of hydrogen-bond acceptors (Lipinski definition) is 2. The van der Waals surface area contributed by atoms with Crippen LogP contribution in [0, 0.1) is 11.7 Å². The second-order valence-electron chi connectivity index (χ2n) is 4.77. The second-order valence-corrected chi connectivity index (χ2v) is 5.62. The fourth-order valence-electron chi connectivity index (χ4n) is 2.07. The Morgan fingerprint density at radius 3 is 2.61 bits per heavy atom. The fraction of sp³-hybridized carbons (Fsp3) is 0.571. The summed E-state index contributed by atoms with van der Waals surface area (Å²) in [7, 11) is 0. The molecule has 2 atom stereocenters. The van der Waals surface area contributed by atoms with Gasteiger partial charge in [0, 0.05) is 17.1 Å². The smallest absolute Gasteiger partial charge is 0.123 e. The van der Waals surface area contributed by atoms with E-state index in [0.29, 0.717) is 18.9 Å². The van der Waals surface area contributed by atoms with Crippen molar-refractivity contribution in [3.63, 3.8) is 0 Å². The van der Waals surface area contributed by atoms with Crippen LogP contribution in [-0.4, -0.2) is 18.8 Å². The molecule has 1 aromatic carbocycles. The summed E-state index contributed by atoms with van der Waals surface area (Å²) in [4.78, 5) is 0. The van der Waals surface area contributed by atoms with Crippen molar-refractivity contribution in [3.8, 4) is 0 Å². The third-order valence-corrected chi connectivity index (χ3v) is 3.68. The molecule has 2 unspecified atom stereocenters. The first kappa shape index (κ1) is 15.6. The number of rotatable bonds is 6. The lowest BCUT2D eigenvalue weighted by Gasteiger charge is -2.27. The van der Waals surface area contributed by atoms with E-state index in [-0.39, 0.29) is 18.0 Å². The van der Waals surface area contributed by atoms with Crippen molar-refractivity contribution in [2.45, 2.75) is 39.3 Å². The molecule has 1 aromatic rings. The number of hydrogen-bond donors (Lipinski definition) is 1. The third-order valence-electron chi connectivity index (χ3n) is 2.90. The molecule has 1 rings (SSSR count). The summed E-state index contributed by atoms with van der Waals surface area (Å²) >= 11 is 3.42. The van der Waals surface area contributed by atoms with Crippen molar-refractivity contribution in [1.82, 2.24) is 0 Å². The summed E-state index contributed by atoms with van der Waals surface area (Å²) in [6, 6.07) is 4.53. The van der Waals surface area contributed by atoms with E-state index in [2.05, 4.69) is 29.8 Å². The number of nitrogens with two attached hydrogens (primary N) is 1. The van der Waals surface area contributed by atoms with Gasteiger partial charge < -0.3 is 10.5 Å². The monoisotopic (exact) mass is 317 g/mol. The Labute approximate surface area is 117 Å². The van der Waals surface area contributed by atoms with Crippen molar-refractivity contribution < 1.29 is 9.13 Å². The SMILES string of the molecule is CCOC(C(C)C)C(N)Cc1cc(F)ccc1Br. The van der Waals surface area contributed by atoms with Gasteiger partial charge in [0.15, 0.2) is 0 Å². The molecule has 0 spiro atoms. The molecule has 0 bridgehead atoms. The van der Waals surface area contributed by atoms with Crippen LogP contribution in [0.4, 0.5) is 4.39 Å². The predicted molar refractivity (Wildman–Crippen MR) is 76.0 cm³/mol. The summed E-state index contributed by atoms with van der Waals surface area (Å²) in [6.07, 6.45) is 0.589. The summed E-state index contributed by atoms with van der Waals surface area (Å²) in [6.45, 7) is 6.77. The molecule has 0 aliphatic rings. The maximum Gasteiger partial charge on any atom is 0.123 e. The van der Waals surface area contributed by atoms with E-state index in [1.165, 1.54) is 12.1 Å². The Balaban J connectivity index is 2.78. The maximum absolute atomic E-state index is 13.2. The minimum atomic E-state index is -0.238. The molecule has 0 heterocycles. The molecule has 0 saturated heterocycles. The second kappa shape index (κ2) is 7.22. The Morgan fingerprint density at radius 1 is 1.39 bits per heavy atom. The van der Waals surface area contributed by atoms with Crippen LogP contribution < -0.4 is 5.73 Å². The first-order valence-electron chi connectivity index (χ1n) is 6.26. The minimum absolute atomic E-state index is 0.00910. The van der Waals surface area contributed by atoms with Crippen LogP contribution in [0.25, 0.3) is 0 Å². The average Bonchev–Trinajstić information content (AvgIpc) is 2.30. The first-order chi connectivity index (χ1) is 8.45. The zero-order chi connectivity index (χ0) is 13.7. The van der Waals surface area contributed by atoms with Crippen LogP contribution >= 0.6 is 15.9 Å². The van der Waals surface area contributed by atoms with Crippen LogP contribution in [0.2, 0.25) is 0 Å². The van der Waals surface area contributed by atoms with Gasteiger partial charge in [-0.3, -0.25) is 0 Å². The minimum Gasteiger partial charge on any atom is -0.377 e. The Morgan fingerprint density at radius 2 is 2.06 bits per heavy atom. The lowest BCUT2D eigenvalue weighted by atomic mass is 9.94. The van der Waals surface area contributed by atoms with Gasteiger partial charge in [-0.1, -0.05) is 29.8 Å². The van der Waals surface area contributed by atoms with Crippen LogP contribution in [0.3, 0.4) is 0 Å². The molecule has 0 amide bonds. The molecule has 0 radical (unpaired) electrons. The van der Waals surface area contributed by atoms with Gasteiger partial charge in [-0.15, -0.1) is 0 Å². The highest BCUT2D eigenvalue weighted by Crippen LogP contribution is 2.21. The van der Waals surface area contributed by atoms with E-state index in [1.807, 2.05) is 6.92 Å². The molecule has 0 saturated carbocycles. The van der Waals surface area contributed by atoms with E-state index in [9.17, 15) is 4.39 Å². The topological polar surface area (TPSA) is 35.2 Å². The van der Waals surface area contributed by atoms with Gasteiger partial charge in [0.1, 0.15) is 5.82 Å². The van der Waals surface area contributed by atoms with Crippen LogP contribution in [0.5, 0.6) is 0 Å². The lowest BCUT2D eigenvalue weighted by Crippen LogP contribution is -2.42. The Hall–Kier alpha value is -0.450. The van der Waals surface area contributed by atoms with Gasteiger partial charge in [0.2, 0.25) is 0 Å². The fourth-order valence-corrected chi connectivity index (χ4v) is 2.48. The normalized spacial score (nSPS) is 14.8. The molecular formula is C14H21BrFNO. The first-order valence-corrected chi connectivity index (χ1v) is 7.06. The van der Waals surface area contributed by atoms with Gasteiger partial charge in [-0.25, -0.2) is 4.39 Å². The molecule has 2 N–H and O–H groups in total. The van der Waals surface area contributed by atoms with Gasteiger partial charge in [-0.05, 0) is 43.0 Å². The largest absolute Gasteiger partial charge is 0.377 e. The van der Waals surface area contributed by atoms with Gasteiger partial charge in [0.25, 0.3) is 0 Å². The van der Waals surface area contributed by atoms with E-state index >= 15 is 0 Å². The predicted octanol–water partition coefficient (Wildman–Crippen LogP) is 3.52. The molecule has 4 heteroatoms. The van der Waals surface area contributed by atoms with Crippen molar-refractivity contribution in [3.05, 3.63) is 34.1 Å². The average molecular weight is 318 g/mol. The third kappa shape index (κ3) is 4.34. The van der Waals surface area contributed by atoms with E-state index in [0.717, 1.165) is 10.0 Å². The van der Waals surface area contributed by atoms with Crippen LogP contribution in [-0.2, 0) is 11.2 Å². The quantitative estimate of drug-likeness (QED) is 0.871. The molecule has 102 valence electrons. The molecule has 0 aliphatic heterocycles. The highest BCUT2D eigenvalue weighted by Gasteiger charge is 2.22. The van der Waals surface area contributed by atoms with Gasteiger partial charge >= 0.3 is 0 Å². The number of benzene rings is 1. The van der Waals surface area contributed by atoms with Gasteiger partial charge in [-0.2, -0.15) is 0 Å². The van der Waals surface area contributed by atoms with Crippen molar-refractivity contribution >= 4 is 15.9 Å². The summed E-state index contributed by atoms with van der Waals surface area (Å²) < 4.78 is 19.8. The standard InChI is InChI=1S/C14H21BrFNO/c1-4-18-14(9(2)3)13(17)8-10-7-11(16)5-6-12(10)15/h5-7,9,13-14H,4,8,17H2,1-3H3. The molecule has 0 aliphatic carbocycles. The highest BCUT2D eigenvalue weighted by molar-refractivity contribution is 9.10. The highest BCUT2D eigenvalue weighted by atomic mass is 79.9. The van der Waals surface area contributed by atoms with Crippen LogP contribution in [0.15, 0.2) is 22.7 Å². The maximum atomic E-state index is 13.2.